The average Bonchev–Trinajstić information content (AvgIpc) is 2.89. The second-order valence-corrected chi connectivity index (χ2v) is 5.25. The molecule has 0 spiro atoms. The van der Waals surface area contributed by atoms with Crippen molar-refractivity contribution < 1.29 is 13.9 Å². The van der Waals surface area contributed by atoms with Gasteiger partial charge in [0.15, 0.2) is 0 Å². The Morgan fingerprint density at radius 1 is 1.40 bits per heavy atom. The Balaban J connectivity index is 2.10. The molecule has 0 unspecified atom stereocenters. The number of rotatable bonds is 5. The first-order valence-electron chi connectivity index (χ1n) is 6.34. The minimum absolute atomic E-state index is 0.346. The fraction of sp³-hybridized carbons (Fsp3) is 0.267. The van der Waals surface area contributed by atoms with Crippen molar-refractivity contribution in [1.29, 1.82) is 0 Å². The van der Waals surface area contributed by atoms with Crippen LogP contribution in [-0.2, 0) is 10.5 Å². The number of nitrogens with two attached hydrogens (primary N) is 1. The summed E-state index contributed by atoms with van der Waals surface area (Å²) in [6.07, 6.45) is 1.51. The van der Waals surface area contributed by atoms with E-state index in [1.54, 1.807) is 24.8 Å². The Bertz CT molecular complexity index is 607. The second kappa shape index (κ2) is 6.52. The van der Waals surface area contributed by atoms with Crippen LogP contribution in [0.2, 0.25) is 0 Å². The van der Waals surface area contributed by atoms with Gasteiger partial charge in [-0.1, -0.05) is 6.07 Å². The molecule has 0 saturated carbocycles. The van der Waals surface area contributed by atoms with Crippen LogP contribution in [0, 0.1) is 6.92 Å². The Hall–Kier alpha value is -1.88. The monoisotopic (exact) mass is 291 g/mol. The summed E-state index contributed by atoms with van der Waals surface area (Å²) in [6.45, 7) is 4.11. The van der Waals surface area contributed by atoms with E-state index in [0.717, 1.165) is 16.1 Å². The van der Waals surface area contributed by atoms with Gasteiger partial charge in [0.25, 0.3) is 0 Å². The minimum atomic E-state index is -0.346. The first kappa shape index (κ1) is 14.5. The van der Waals surface area contributed by atoms with Gasteiger partial charge in [-0.05, 0) is 37.6 Å². The maximum absolute atomic E-state index is 11.7. The Morgan fingerprint density at radius 3 is 2.95 bits per heavy atom. The Labute approximate surface area is 122 Å². The van der Waals surface area contributed by atoms with E-state index in [1.165, 1.54) is 6.26 Å². The van der Waals surface area contributed by atoms with Gasteiger partial charge in [0, 0.05) is 10.6 Å². The number of thioether (sulfide) groups is 1. The van der Waals surface area contributed by atoms with E-state index >= 15 is 0 Å². The highest BCUT2D eigenvalue weighted by Crippen LogP contribution is 2.30. The van der Waals surface area contributed by atoms with Crippen LogP contribution in [0.1, 0.15) is 28.6 Å². The van der Waals surface area contributed by atoms with Crippen LogP contribution in [0.3, 0.4) is 0 Å². The first-order valence-corrected chi connectivity index (χ1v) is 7.33. The number of anilines is 1. The quantitative estimate of drug-likeness (QED) is 0.517. The molecular weight excluding hydrogens is 274 g/mol. The van der Waals surface area contributed by atoms with Crippen LogP contribution in [0.25, 0.3) is 0 Å². The highest BCUT2D eigenvalue weighted by molar-refractivity contribution is 7.98. The summed E-state index contributed by atoms with van der Waals surface area (Å²) in [5, 5.41) is 0. The zero-order chi connectivity index (χ0) is 14.5. The molecule has 1 aromatic carbocycles. The smallest absolute Gasteiger partial charge is 0.341 e. The molecule has 4 nitrogen and oxygen atoms in total. The topological polar surface area (TPSA) is 65.5 Å². The summed E-state index contributed by atoms with van der Waals surface area (Å²) in [5.41, 5.74) is 8.17. The normalized spacial score (nSPS) is 10.5. The van der Waals surface area contributed by atoms with Gasteiger partial charge in [-0.25, -0.2) is 4.79 Å². The summed E-state index contributed by atoms with van der Waals surface area (Å²) < 4.78 is 10.4. The predicted octanol–water partition coefficient (Wildman–Crippen LogP) is 3.64. The van der Waals surface area contributed by atoms with E-state index < -0.39 is 0 Å². The number of benzene rings is 1. The molecule has 2 N–H and O–H groups in total. The largest absolute Gasteiger partial charge is 0.468 e. The van der Waals surface area contributed by atoms with Crippen LogP contribution in [0.4, 0.5) is 5.69 Å². The van der Waals surface area contributed by atoms with Crippen LogP contribution >= 0.6 is 11.8 Å². The number of ether oxygens (including phenoxy) is 1. The van der Waals surface area contributed by atoms with Crippen molar-refractivity contribution in [3.63, 3.8) is 0 Å². The Morgan fingerprint density at radius 2 is 2.20 bits per heavy atom. The molecule has 0 aliphatic heterocycles. The highest BCUT2D eigenvalue weighted by Gasteiger charge is 2.16. The summed E-state index contributed by atoms with van der Waals surface area (Å²) >= 11 is 1.59. The lowest BCUT2D eigenvalue weighted by Gasteiger charge is -2.07. The van der Waals surface area contributed by atoms with Gasteiger partial charge in [-0.3, -0.25) is 0 Å². The summed E-state index contributed by atoms with van der Waals surface area (Å²) in [5.74, 6) is 0.835. The molecule has 5 heteroatoms. The molecule has 0 radical (unpaired) electrons. The van der Waals surface area contributed by atoms with E-state index in [0.29, 0.717) is 23.7 Å². The third kappa shape index (κ3) is 3.17. The lowest BCUT2D eigenvalue weighted by molar-refractivity contribution is 0.0524. The van der Waals surface area contributed by atoms with Crippen molar-refractivity contribution in [3.8, 4) is 0 Å². The minimum Gasteiger partial charge on any atom is -0.468 e. The zero-order valence-electron chi connectivity index (χ0n) is 11.5. The van der Waals surface area contributed by atoms with Crippen molar-refractivity contribution in [2.45, 2.75) is 24.5 Å². The van der Waals surface area contributed by atoms with Gasteiger partial charge >= 0.3 is 5.97 Å². The van der Waals surface area contributed by atoms with Gasteiger partial charge < -0.3 is 14.9 Å². The molecule has 20 heavy (non-hydrogen) atoms. The molecule has 106 valence electrons. The number of carbonyl (C=O) groups is 1. The lowest BCUT2D eigenvalue weighted by Crippen LogP contribution is -2.05. The van der Waals surface area contributed by atoms with Crippen LogP contribution in [0.15, 0.2) is 39.8 Å². The average molecular weight is 291 g/mol. The second-order valence-electron chi connectivity index (χ2n) is 4.24. The van der Waals surface area contributed by atoms with E-state index in [-0.39, 0.29) is 5.97 Å². The van der Waals surface area contributed by atoms with Crippen molar-refractivity contribution in [1.82, 2.24) is 0 Å². The molecule has 0 atom stereocenters. The van der Waals surface area contributed by atoms with Gasteiger partial charge in [-0.15, -0.1) is 11.8 Å². The van der Waals surface area contributed by atoms with E-state index in [2.05, 4.69) is 0 Å². The van der Waals surface area contributed by atoms with Gasteiger partial charge in [-0.2, -0.15) is 0 Å². The third-order valence-electron chi connectivity index (χ3n) is 2.93. The zero-order valence-corrected chi connectivity index (χ0v) is 12.3. The number of carbonyl (C=O) groups excluding carboxylic acids is 1. The van der Waals surface area contributed by atoms with Crippen molar-refractivity contribution in [3.05, 3.63) is 47.4 Å². The highest BCUT2D eigenvalue weighted by atomic mass is 32.2. The molecule has 0 bridgehead atoms. The first-order chi connectivity index (χ1) is 9.63. The molecule has 0 aliphatic carbocycles. The Kier molecular flexibility index (Phi) is 4.74. The van der Waals surface area contributed by atoms with Gasteiger partial charge in [0.05, 0.1) is 18.6 Å². The molecule has 1 aromatic heterocycles. The fourth-order valence-corrected chi connectivity index (χ4v) is 2.79. The molecule has 0 aliphatic rings. The maximum Gasteiger partial charge on any atom is 0.341 e. The maximum atomic E-state index is 11.7. The van der Waals surface area contributed by atoms with Crippen molar-refractivity contribution >= 4 is 23.4 Å². The van der Waals surface area contributed by atoms with E-state index in [4.69, 9.17) is 14.9 Å². The molecule has 2 rings (SSSR count). The van der Waals surface area contributed by atoms with Crippen LogP contribution < -0.4 is 5.73 Å². The fourth-order valence-electron chi connectivity index (χ4n) is 1.77. The summed E-state index contributed by atoms with van der Waals surface area (Å²) in [7, 11) is 0. The number of nitrogen functional groups attached to an aromatic ring is 1. The summed E-state index contributed by atoms with van der Waals surface area (Å²) in [4.78, 5) is 12.8. The lowest BCUT2D eigenvalue weighted by atomic mass is 10.2. The van der Waals surface area contributed by atoms with E-state index in [1.807, 2.05) is 25.1 Å². The molecular formula is C15H17NO3S. The van der Waals surface area contributed by atoms with Gasteiger partial charge in [0.2, 0.25) is 0 Å². The molecule has 1 heterocycles. The van der Waals surface area contributed by atoms with Crippen molar-refractivity contribution in [2.24, 2.45) is 0 Å². The number of hydrogen-bond donors (Lipinski definition) is 1. The number of esters is 1. The predicted molar refractivity (Wildman–Crippen MR) is 79.8 cm³/mol. The molecule has 0 amide bonds. The van der Waals surface area contributed by atoms with E-state index in [9.17, 15) is 4.79 Å². The molecule has 2 aromatic rings. The standard InChI is InChI=1S/C15H17NO3S/c1-3-18-15(17)11-7-8-19-13(11)9-20-14-6-4-5-12(16)10(14)2/h4-8H,3,9,16H2,1-2H3. The summed E-state index contributed by atoms with van der Waals surface area (Å²) in [6, 6.07) is 7.43. The number of furan rings is 1. The van der Waals surface area contributed by atoms with Gasteiger partial charge in [0.1, 0.15) is 11.3 Å². The van der Waals surface area contributed by atoms with Crippen LogP contribution in [-0.4, -0.2) is 12.6 Å². The molecule has 0 saturated heterocycles. The third-order valence-corrected chi connectivity index (χ3v) is 4.09. The number of hydrogen-bond acceptors (Lipinski definition) is 5. The molecule has 0 fully saturated rings. The van der Waals surface area contributed by atoms with Crippen LogP contribution in [0.5, 0.6) is 0 Å². The van der Waals surface area contributed by atoms with Crippen molar-refractivity contribution in [2.75, 3.05) is 12.3 Å². The SMILES string of the molecule is CCOC(=O)c1ccoc1CSc1cccc(N)c1C.